The Hall–Kier alpha value is -2.89. The van der Waals surface area contributed by atoms with Crippen LogP contribution < -0.4 is 10.5 Å². The standard InChI is InChI=1S/C19H19FN2O3/c20-17-9-5-4-8-15(17)19(24)22-10-13(16(11-22)18(21)23)12-25-14-6-2-1-3-7-14/h1-9,13,16H,10-12H2,(H2,21,23)/t13-,16+/m0/s1. The van der Waals surface area contributed by atoms with Crippen molar-refractivity contribution in [1.82, 2.24) is 4.90 Å². The lowest BCUT2D eigenvalue weighted by Crippen LogP contribution is -2.33. The molecule has 2 aromatic rings. The van der Waals surface area contributed by atoms with Crippen molar-refractivity contribution >= 4 is 11.8 Å². The van der Waals surface area contributed by atoms with Gasteiger partial charge in [0.25, 0.3) is 5.91 Å². The summed E-state index contributed by atoms with van der Waals surface area (Å²) in [7, 11) is 0. The third-order valence-corrected chi connectivity index (χ3v) is 4.41. The van der Waals surface area contributed by atoms with E-state index in [1.807, 2.05) is 30.3 Å². The Morgan fingerprint density at radius 2 is 1.76 bits per heavy atom. The van der Waals surface area contributed by atoms with Crippen LogP contribution in [0.2, 0.25) is 0 Å². The molecule has 3 rings (SSSR count). The van der Waals surface area contributed by atoms with Crippen LogP contribution in [0, 0.1) is 17.7 Å². The minimum Gasteiger partial charge on any atom is -0.493 e. The van der Waals surface area contributed by atoms with Crippen molar-refractivity contribution in [2.24, 2.45) is 17.6 Å². The third kappa shape index (κ3) is 3.79. The van der Waals surface area contributed by atoms with Gasteiger partial charge in [0.15, 0.2) is 0 Å². The second-order valence-corrected chi connectivity index (χ2v) is 6.08. The number of para-hydroxylation sites is 1. The molecular formula is C19H19FN2O3. The molecule has 2 N–H and O–H groups in total. The number of ether oxygens (including phenoxy) is 1. The van der Waals surface area contributed by atoms with Gasteiger partial charge < -0.3 is 15.4 Å². The number of hydrogen-bond acceptors (Lipinski definition) is 3. The summed E-state index contributed by atoms with van der Waals surface area (Å²) in [5.41, 5.74) is 5.48. The lowest BCUT2D eigenvalue weighted by Gasteiger charge is -2.17. The second kappa shape index (κ2) is 7.34. The molecule has 0 aromatic heterocycles. The zero-order chi connectivity index (χ0) is 17.8. The van der Waals surface area contributed by atoms with Gasteiger partial charge in [-0.05, 0) is 24.3 Å². The van der Waals surface area contributed by atoms with Crippen molar-refractivity contribution < 1.29 is 18.7 Å². The van der Waals surface area contributed by atoms with E-state index in [-0.39, 0.29) is 24.6 Å². The number of carbonyl (C=O) groups excluding carboxylic acids is 2. The highest BCUT2D eigenvalue weighted by molar-refractivity contribution is 5.95. The van der Waals surface area contributed by atoms with Gasteiger partial charge in [-0.25, -0.2) is 4.39 Å². The Labute approximate surface area is 145 Å². The molecule has 1 aliphatic rings. The summed E-state index contributed by atoms with van der Waals surface area (Å²) in [5, 5.41) is 0. The molecule has 2 aromatic carbocycles. The Bertz CT molecular complexity index is 766. The molecule has 0 aliphatic carbocycles. The quantitative estimate of drug-likeness (QED) is 0.904. The van der Waals surface area contributed by atoms with Crippen LogP contribution in [0.3, 0.4) is 0 Å². The normalized spacial score (nSPS) is 19.6. The van der Waals surface area contributed by atoms with Gasteiger partial charge >= 0.3 is 0 Å². The predicted molar refractivity (Wildman–Crippen MR) is 90.4 cm³/mol. The van der Waals surface area contributed by atoms with E-state index in [0.29, 0.717) is 12.3 Å². The minimum atomic E-state index is -0.577. The number of nitrogens with two attached hydrogens (primary N) is 1. The van der Waals surface area contributed by atoms with Crippen LogP contribution in [-0.2, 0) is 4.79 Å². The number of nitrogens with zero attached hydrogens (tertiary/aromatic N) is 1. The molecule has 0 radical (unpaired) electrons. The van der Waals surface area contributed by atoms with Crippen molar-refractivity contribution in [3.8, 4) is 5.75 Å². The topological polar surface area (TPSA) is 72.6 Å². The molecule has 1 fully saturated rings. The van der Waals surface area contributed by atoms with Gasteiger partial charge in [0.1, 0.15) is 11.6 Å². The van der Waals surface area contributed by atoms with Crippen LogP contribution in [0.1, 0.15) is 10.4 Å². The number of likely N-dealkylation sites (tertiary alicyclic amines) is 1. The Morgan fingerprint density at radius 1 is 1.08 bits per heavy atom. The molecule has 1 heterocycles. The van der Waals surface area contributed by atoms with Gasteiger partial charge in [-0.2, -0.15) is 0 Å². The highest BCUT2D eigenvalue weighted by Crippen LogP contribution is 2.26. The molecule has 0 spiro atoms. The van der Waals surface area contributed by atoms with Crippen LogP contribution >= 0.6 is 0 Å². The average Bonchev–Trinajstić information content (AvgIpc) is 3.05. The van der Waals surface area contributed by atoms with Gasteiger partial charge in [0.05, 0.1) is 18.1 Å². The van der Waals surface area contributed by atoms with Gasteiger partial charge in [0.2, 0.25) is 5.91 Å². The van der Waals surface area contributed by atoms with Gasteiger partial charge in [-0.3, -0.25) is 9.59 Å². The van der Waals surface area contributed by atoms with E-state index in [4.69, 9.17) is 10.5 Å². The van der Waals surface area contributed by atoms with E-state index in [1.165, 1.54) is 23.1 Å². The Kier molecular flexibility index (Phi) is 4.97. The third-order valence-electron chi connectivity index (χ3n) is 4.41. The monoisotopic (exact) mass is 342 g/mol. The molecule has 25 heavy (non-hydrogen) atoms. The number of rotatable bonds is 5. The van der Waals surface area contributed by atoms with Crippen molar-refractivity contribution in [3.63, 3.8) is 0 Å². The zero-order valence-electron chi connectivity index (χ0n) is 13.6. The fourth-order valence-corrected chi connectivity index (χ4v) is 3.05. The van der Waals surface area contributed by atoms with E-state index in [1.54, 1.807) is 6.07 Å². The van der Waals surface area contributed by atoms with Crippen LogP contribution in [0.25, 0.3) is 0 Å². The molecule has 0 unspecified atom stereocenters. The highest BCUT2D eigenvalue weighted by Gasteiger charge is 2.39. The largest absolute Gasteiger partial charge is 0.493 e. The maximum atomic E-state index is 13.9. The first-order valence-corrected chi connectivity index (χ1v) is 8.07. The number of amides is 2. The first kappa shape index (κ1) is 17.0. The van der Waals surface area contributed by atoms with E-state index in [2.05, 4.69) is 0 Å². The fourth-order valence-electron chi connectivity index (χ4n) is 3.05. The molecule has 0 saturated carbocycles. The molecule has 1 aliphatic heterocycles. The Morgan fingerprint density at radius 3 is 2.44 bits per heavy atom. The molecule has 1 saturated heterocycles. The summed E-state index contributed by atoms with van der Waals surface area (Å²) in [6.45, 7) is 0.734. The summed E-state index contributed by atoms with van der Waals surface area (Å²) < 4.78 is 19.6. The molecule has 0 bridgehead atoms. The molecule has 5 nitrogen and oxygen atoms in total. The summed E-state index contributed by atoms with van der Waals surface area (Å²) in [5.74, 6) is -1.55. The summed E-state index contributed by atoms with van der Waals surface area (Å²) in [6, 6.07) is 15.0. The number of hydrogen-bond donors (Lipinski definition) is 1. The minimum absolute atomic E-state index is 0.00431. The molecular weight excluding hydrogens is 323 g/mol. The van der Waals surface area contributed by atoms with Gasteiger partial charge in [-0.1, -0.05) is 30.3 Å². The number of halogens is 1. The van der Waals surface area contributed by atoms with Crippen molar-refractivity contribution in [1.29, 1.82) is 0 Å². The SMILES string of the molecule is NC(=O)[C@@H]1CN(C(=O)c2ccccc2F)C[C@H]1COc1ccccc1. The molecule has 2 atom stereocenters. The summed E-state index contributed by atoms with van der Waals surface area (Å²) in [6.07, 6.45) is 0. The van der Waals surface area contributed by atoms with Gasteiger partial charge in [-0.15, -0.1) is 0 Å². The van der Waals surface area contributed by atoms with E-state index in [0.717, 1.165) is 0 Å². The highest BCUT2D eigenvalue weighted by atomic mass is 19.1. The maximum absolute atomic E-state index is 13.9. The maximum Gasteiger partial charge on any atom is 0.256 e. The molecule has 2 amide bonds. The first-order chi connectivity index (χ1) is 12.1. The van der Waals surface area contributed by atoms with Crippen molar-refractivity contribution in [2.75, 3.05) is 19.7 Å². The van der Waals surface area contributed by atoms with Crippen LogP contribution in [0.4, 0.5) is 4.39 Å². The number of primary amides is 1. The lowest BCUT2D eigenvalue weighted by molar-refractivity contribution is -0.122. The van der Waals surface area contributed by atoms with Crippen LogP contribution in [0.15, 0.2) is 54.6 Å². The number of benzene rings is 2. The van der Waals surface area contributed by atoms with Crippen LogP contribution in [0.5, 0.6) is 5.75 Å². The van der Waals surface area contributed by atoms with Crippen molar-refractivity contribution in [3.05, 3.63) is 66.0 Å². The summed E-state index contributed by atoms with van der Waals surface area (Å²) >= 11 is 0. The smallest absolute Gasteiger partial charge is 0.256 e. The second-order valence-electron chi connectivity index (χ2n) is 6.08. The van der Waals surface area contributed by atoms with E-state index < -0.39 is 23.5 Å². The zero-order valence-corrected chi connectivity index (χ0v) is 13.6. The summed E-state index contributed by atoms with van der Waals surface area (Å²) in [4.78, 5) is 25.8. The number of carbonyl (C=O) groups is 2. The lowest BCUT2D eigenvalue weighted by atomic mass is 9.96. The van der Waals surface area contributed by atoms with E-state index in [9.17, 15) is 14.0 Å². The fraction of sp³-hybridized carbons (Fsp3) is 0.263. The predicted octanol–water partition coefficient (Wildman–Crippen LogP) is 2.08. The van der Waals surface area contributed by atoms with Crippen molar-refractivity contribution in [2.45, 2.75) is 0 Å². The molecule has 130 valence electrons. The Balaban J connectivity index is 1.71. The van der Waals surface area contributed by atoms with Gasteiger partial charge in [0, 0.05) is 19.0 Å². The average molecular weight is 342 g/mol. The molecule has 6 heteroatoms. The van der Waals surface area contributed by atoms with E-state index >= 15 is 0 Å². The van der Waals surface area contributed by atoms with Crippen LogP contribution in [-0.4, -0.2) is 36.4 Å². The first-order valence-electron chi connectivity index (χ1n) is 8.07.